The summed E-state index contributed by atoms with van der Waals surface area (Å²) in [6.07, 6.45) is 5.50. The standard InChI is InChI=1S/C13H13BrN2O/c14-12(8-10-4-2-1-3-5-10)9-15-16-13(17)11-6-7-11/h1-5,8-9,11H,6-7H2,(H,16,17)/b12-8+,15-9+. The van der Waals surface area contributed by atoms with Crippen LogP contribution in [0.5, 0.6) is 0 Å². The number of halogens is 1. The molecule has 0 bridgehead atoms. The molecule has 0 heterocycles. The van der Waals surface area contributed by atoms with Crippen molar-refractivity contribution in [3.8, 4) is 0 Å². The molecule has 1 N–H and O–H groups in total. The first-order chi connectivity index (χ1) is 8.25. The van der Waals surface area contributed by atoms with Crippen molar-refractivity contribution in [2.45, 2.75) is 12.8 Å². The average Bonchev–Trinajstić information content (AvgIpc) is 3.14. The maximum atomic E-state index is 11.3. The zero-order valence-corrected chi connectivity index (χ0v) is 10.9. The summed E-state index contributed by atoms with van der Waals surface area (Å²) in [5, 5.41) is 3.89. The Morgan fingerprint density at radius 1 is 1.35 bits per heavy atom. The van der Waals surface area contributed by atoms with Gasteiger partial charge in [-0.25, -0.2) is 5.43 Å². The molecule has 0 spiro atoms. The maximum Gasteiger partial charge on any atom is 0.243 e. The molecular weight excluding hydrogens is 280 g/mol. The highest BCUT2D eigenvalue weighted by molar-refractivity contribution is 9.12. The van der Waals surface area contributed by atoms with Gasteiger partial charge in [0.05, 0.1) is 6.21 Å². The molecule has 1 amide bonds. The van der Waals surface area contributed by atoms with Crippen molar-refractivity contribution in [3.05, 3.63) is 40.4 Å². The molecule has 1 aromatic carbocycles. The summed E-state index contributed by atoms with van der Waals surface area (Å²) in [6.45, 7) is 0. The minimum atomic E-state index is 0.0151. The summed E-state index contributed by atoms with van der Waals surface area (Å²) in [6, 6.07) is 9.90. The first-order valence-electron chi connectivity index (χ1n) is 5.51. The lowest BCUT2D eigenvalue weighted by Gasteiger charge is -1.95. The van der Waals surface area contributed by atoms with Crippen LogP contribution in [-0.4, -0.2) is 12.1 Å². The second-order valence-corrected chi connectivity index (χ2v) is 4.86. The molecule has 4 heteroatoms. The number of benzene rings is 1. The van der Waals surface area contributed by atoms with Gasteiger partial charge in [-0.15, -0.1) is 0 Å². The van der Waals surface area contributed by atoms with Crippen LogP contribution in [0.25, 0.3) is 6.08 Å². The largest absolute Gasteiger partial charge is 0.273 e. The zero-order valence-electron chi connectivity index (χ0n) is 9.27. The number of carbonyl (C=O) groups excluding carboxylic acids is 1. The lowest BCUT2D eigenvalue weighted by Crippen LogP contribution is -2.18. The van der Waals surface area contributed by atoms with E-state index in [9.17, 15) is 4.79 Å². The van der Waals surface area contributed by atoms with Gasteiger partial charge in [-0.1, -0.05) is 30.3 Å². The molecule has 1 aromatic rings. The van der Waals surface area contributed by atoms with Gasteiger partial charge in [-0.05, 0) is 40.4 Å². The van der Waals surface area contributed by atoms with Crippen molar-refractivity contribution in [1.29, 1.82) is 0 Å². The molecule has 1 fully saturated rings. The Morgan fingerprint density at radius 2 is 2.06 bits per heavy atom. The van der Waals surface area contributed by atoms with E-state index in [0.717, 1.165) is 22.9 Å². The molecule has 3 nitrogen and oxygen atoms in total. The van der Waals surface area contributed by atoms with Crippen LogP contribution < -0.4 is 5.43 Å². The zero-order chi connectivity index (χ0) is 12.1. The number of amides is 1. The van der Waals surface area contributed by atoms with E-state index in [0.29, 0.717) is 0 Å². The molecule has 0 radical (unpaired) electrons. The third-order valence-corrected chi connectivity index (χ3v) is 2.85. The summed E-state index contributed by atoms with van der Waals surface area (Å²) in [4.78, 5) is 11.3. The first kappa shape index (κ1) is 12.0. The van der Waals surface area contributed by atoms with E-state index in [2.05, 4.69) is 26.5 Å². The van der Waals surface area contributed by atoms with Crippen LogP contribution in [0, 0.1) is 5.92 Å². The second kappa shape index (κ2) is 5.77. The van der Waals surface area contributed by atoms with E-state index < -0.39 is 0 Å². The fourth-order valence-corrected chi connectivity index (χ4v) is 1.71. The lowest BCUT2D eigenvalue weighted by atomic mass is 10.2. The fraction of sp³-hybridized carbons (Fsp3) is 0.231. The second-order valence-electron chi connectivity index (χ2n) is 3.95. The van der Waals surface area contributed by atoms with Crippen molar-refractivity contribution < 1.29 is 4.79 Å². The lowest BCUT2D eigenvalue weighted by molar-refractivity contribution is -0.122. The predicted molar refractivity (Wildman–Crippen MR) is 72.7 cm³/mol. The molecular formula is C13H13BrN2O. The monoisotopic (exact) mass is 292 g/mol. The molecule has 0 aromatic heterocycles. The maximum absolute atomic E-state index is 11.3. The number of nitrogens with one attached hydrogen (secondary N) is 1. The summed E-state index contributed by atoms with van der Waals surface area (Å²) in [5.74, 6) is 0.199. The van der Waals surface area contributed by atoms with Gasteiger partial charge in [-0.3, -0.25) is 4.79 Å². The number of hydrogen-bond donors (Lipinski definition) is 1. The molecule has 0 unspecified atom stereocenters. The van der Waals surface area contributed by atoms with Gasteiger partial charge < -0.3 is 0 Å². The number of hydrazone groups is 1. The van der Waals surface area contributed by atoms with Gasteiger partial charge in [0.15, 0.2) is 0 Å². The SMILES string of the molecule is O=C(N/N=C/C(Br)=C\c1ccccc1)C1CC1. The molecule has 0 atom stereocenters. The summed E-state index contributed by atoms with van der Waals surface area (Å²) >= 11 is 3.38. The van der Waals surface area contributed by atoms with Gasteiger partial charge in [-0.2, -0.15) is 5.10 Å². The Hall–Kier alpha value is -1.42. The van der Waals surface area contributed by atoms with Gasteiger partial charge >= 0.3 is 0 Å². The molecule has 17 heavy (non-hydrogen) atoms. The third-order valence-electron chi connectivity index (χ3n) is 2.41. The van der Waals surface area contributed by atoms with Crippen LogP contribution in [-0.2, 0) is 4.79 Å². The topological polar surface area (TPSA) is 41.5 Å². The van der Waals surface area contributed by atoms with Crippen molar-refractivity contribution in [2.24, 2.45) is 11.0 Å². The van der Waals surface area contributed by atoms with E-state index in [1.54, 1.807) is 6.21 Å². The fourth-order valence-electron chi connectivity index (χ4n) is 1.34. The smallest absolute Gasteiger partial charge is 0.243 e. The van der Waals surface area contributed by atoms with Gasteiger partial charge in [0.25, 0.3) is 0 Å². The van der Waals surface area contributed by atoms with Crippen molar-refractivity contribution in [1.82, 2.24) is 5.43 Å². The Balaban J connectivity index is 1.87. The summed E-state index contributed by atoms with van der Waals surface area (Å²) < 4.78 is 0.819. The molecule has 1 saturated carbocycles. The van der Waals surface area contributed by atoms with Crippen LogP contribution in [0.1, 0.15) is 18.4 Å². The first-order valence-corrected chi connectivity index (χ1v) is 6.30. The number of carbonyl (C=O) groups is 1. The number of rotatable bonds is 4. The Morgan fingerprint density at radius 3 is 2.71 bits per heavy atom. The molecule has 1 aliphatic rings. The van der Waals surface area contributed by atoms with Gasteiger partial charge in [0.2, 0.25) is 5.91 Å². The molecule has 1 aliphatic carbocycles. The highest BCUT2D eigenvalue weighted by atomic mass is 79.9. The van der Waals surface area contributed by atoms with Crippen LogP contribution in [0.15, 0.2) is 39.9 Å². The molecule has 88 valence electrons. The predicted octanol–water partition coefficient (Wildman–Crippen LogP) is 2.93. The number of nitrogens with zero attached hydrogens (tertiary/aromatic N) is 1. The quantitative estimate of drug-likeness (QED) is 0.673. The van der Waals surface area contributed by atoms with Crippen LogP contribution >= 0.6 is 15.9 Å². The van der Waals surface area contributed by atoms with E-state index >= 15 is 0 Å². The summed E-state index contributed by atoms with van der Waals surface area (Å²) in [7, 11) is 0. The summed E-state index contributed by atoms with van der Waals surface area (Å²) in [5.41, 5.74) is 3.60. The van der Waals surface area contributed by atoms with E-state index in [1.807, 2.05) is 36.4 Å². The van der Waals surface area contributed by atoms with Gasteiger partial charge in [0.1, 0.15) is 0 Å². The Labute approximate surface area is 109 Å². The molecule has 0 aliphatic heterocycles. The normalized spacial score (nSPS) is 16.2. The van der Waals surface area contributed by atoms with E-state index in [1.165, 1.54) is 0 Å². The number of allylic oxidation sites excluding steroid dienone is 1. The highest BCUT2D eigenvalue weighted by Gasteiger charge is 2.29. The van der Waals surface area contributed by atoms with Crippen molar-refractivity contribution >= 4 is 34.1 Å². The minimum absolute atomic E-state index is 0.0151. The van der Waals surface area contributed by atoms with E-state index in [-0.39, 0.29) is 11.8 Å². The Kier molecular flexibility index (Phi) is 4.09. The average molecular weight is 293 g/mol. The third kappa shape index (κ3) is 4.15. The highest BCUT2D eigenvalue weighted by Crippen LogP contribution is 2.28. The minimum Gasteiger partial charge on any atom is -0.273 e. The van der Waals surface area contributed by atoms with E-state index in [4.69, 9.17) is 0 Å². The Bertz CT molecular complexity index is 450. The van der Waals surface area contributed by atoms with Crippen molar-refractivity contribution in [2.75, 3.05) is 0 Å². The number of hydrogen-bond acceptors (Lipinski definition) is 2. The van der Waals surface area contributed by atoms with Crippen LogP contribution in [0.4, 0.5) is 0 Å². The van der Waals surface area contributed by atoms with Gasteiger partial charge in [0, 0.05) is 10.4 Å². The van der Waals surface area contributed by atoms with Crippen LogP contribution in [0.2, 0.25) is 0 Å². The van der Waals surface area contributed by atoms with Crippen LogP contribution in [0.3, 0.4) is 0 Å². The molecule has 0 saturated heterocycles. The van der Waals surface area contributed by atoms with Crippen molar-refractivity contribution in [3.63, 3.8) is 0 Å². The molecule has 2 rings (SSSR count).